The molecule has 0 saturated carbocycles. The van der Waals surface area contributed by atoms with Crippen LogP contribution < -0.4 is 5.32 Å². The number of nitrogens with zero attached hydrogens (tertiary/aromatic N) is 1. The maximum absolute atomic E-state index is 13.1. The molecule has 0 bridgehead atoms. The first-order valence-corrected chi connectivity index (χ1v) is 7.64. The molecule has 0 spiro atoms. The van der Waals surface area contributed by atoms with Crippen LogP contribution in [0.25, 0.3) is 0 Å². The largest absolute Gasteiger partial charge is 0.352 e. The fraction of sp³-hybridized carbons (Fsp3) is 0.533. The van der Waals surface area contributed by atoms with E-state index in [1.165, 1.54) is 18.2 Å². The van der Waals surface area contributed by atoms with Gasteiger partial charge in [-0.25, -0.2) is 4.39 Å². The van der Waals surface area contributed by atoms with Crippen molar-refractivity contribution in [2.24, 2.45) is 0 Å². The molecule has 0 aromatic heterocycles. The normalized spacial score (nSPS) is 11.2. The molecule has 20 heavy (non-hydrogen) atoms. The third-order valence-corrected chi connectivity index (χ3v) is 3.89. The second-order valence-corrected chi connectivity index (χ2v) is 6.02. The Morgan fingerprint density at radius 2 is 2.10 bits per heavy atom. The summed E-state index contributed by atoms with van der Waals surface area (Å²) in [5, 5.41) is 2.85. The van der Waals surface area contributed by atoms with Crippen molar-refractivity contribution < 1.29 is 9.18 Å². The molecule has 1 amide bonds. The minimum Gasteiger partial charge on any atom is -0.352 e. The summed E-state index contributed by atoms with van der Waals surface area (Å²) in [6.07, 6.45) is 1.98. The molecule has 0 aliphatic heterocycles. The Morgan fingerprint density at radius 3 is 2.70 bits per heavy atom. The van der Waals surface area contributed by atoms with Crippen molar-refractivity contribution in [1.29, 1.82) is 0 Å². The Kier molecular flexibility index (Phi) is 7.16. The lowest BCUT2D eigenvalue weighted by molar-refractivity contribution is 0.0952. The molecule has 0 heterocycles. The van der Waals surface area contributed by atoms with Crippen molar-refractivity contribution in [3.63, 3.8) is 0 Å². The second-order valence-electron chi connectivity index (χ2n) is 5.17. The van der Waals surface area contributed by atoms with Gasteiger partial charge in [-0.2, -0.15) is 0 Å². The van der Waals surface area contributed by atoms with Gasteiger partial charge in [0, 0.05) is 18.2 Å². The molecule has 0 aliphatic rings. The maximum Gasteiger partial charge on any atom is 0.251 e. The number of carbonyl (C=O) groups is 1. The highest BCUT2D eigenvalue weighted by atomic mass is 79.9. The molecular weight excluding hydrogens is 323 g/mol. The molecule has 112 valence electrons. The minimum atomic E-state index is -0.363. The lowest BCUT2D eigenvalue weighted by Gasteiger charge is -2.20. The average Bonchev–Trinajstić information content (AvgIpc) is 2.40. The predicted molar refractivity (Wildman–Crippen MR) is 83.4 cm³/mol. The number of hydrogen-bond acceptors (Lipinski definition) is 2. The smallest absolute Gasteiger partial charge is 0.251 e. The molecule has 1 rings (SSSR count). The van der Waals surface area contributed by atoms with Gasteiger partial charge in [0.1, 0.15) is 5.82 Å². The number of hydrogen-bond donors (Lipinski definition) is 1. The Hall–Kier alpha value is -0.940. The zero-order valence-corrected chi connectivity index (χ0v) is 13.8. The molecule has 0 aliphatic carbocycles. The quantitative estimate of drug-likeness (QED) is 0.768. The molecule has 0 saturated heterocycles. The molecule has 5 heteroatoms. The van der Waals surface area contributed by atoms with Gasteiger partial charge >= 0.3 is 0 Å². The third-order valence-electron chi connectivity index (χ3n) is 3.29. The molecule has 0 radical (unpaired) electrons. The number of carbonyl (C=O) groups excluding carboxylic acids is 1. The van der Waals surface area contributed by atoms with Gasteiger partial charge in [-0.15, -0.1) is 0 Å². The van der Waals surface area contributed by atoms with Crippen LogP contribution in [0.15, 0.2) is 22.7 Å². The lowest BCUT2D eigenvalue weighted by atomic mass is 10.2. The maximum atomic E-state index is 13.1. The Labute approximate surface area is 128 Å². The Morgan fingerprint density at radius 1 is 1.40 bits per heavy atom. The fourth-order valence-electron chi connectivity index (χ4n) is 1.69. The first-order valence-electron chi connectivity index (χ1n) is 6.85. The summed E-state index contributed by atoms with van der Waals surface area (Å²) >= 11 is 3.08. The number of rotatable bonds is 7. The van der Waals surface area contributed by atoms with E-state index in [9.17, 15) is 9.18 Å². The zero-order chi connectivity index (χ0) is 15.1. The highest BCUT2D eigenvalue weighted by Crippen LogP contribution is 2.16. The van der Waals surface area contributed by atoms with Gasteiger partial charge in [-0.05, 0) is 74.4 Å². The van der Waals surface area contributed by atoms with Crippen LogP contribution in [0, 0.1) is 5.82 Å². The van der Waals surface area contributed by atoms with Crippen LogP contribution in [0.1, 0.15) is 37.0 Å². The molecule has 0 fully saturated rings. The molecule has 1 N–H and O–H groups in total. The predicted octanol–water partition coefficient (Wildman–Crippen LogP) is 3.44. The van der Waals surface area contributed by atoms with Gasteiger partial charge in [0.25, 0.3) is 5.91 Å². The summed E-state index contributed by atoms with van der Waals surface area (Å²) in [5.41, 5.74) is 0.470. The minimum absolute atomic E-state index is 0.164. The van der Waals surface area contributed by atoms with Crippen molar-refractivity contribution in [3.8, 4) is 0 Å². The van der Waals surface area contributed by atoms with E-state index in [0.717, 1.165) is 19.4 Å². The number of halogens is 2. The van der Waals surface area contributed by atoms with E-state index in [4.69, 9.17) is 0 Å². The van der Waals surface area contributed by atoms with E-state index in [1.54, 1.807) is 0 Å². The highest BCUT2D eigenvalue weighted by molar-refractivity contribution is 9.10. The van der Waals surface area contributed by atoms with Crippen molar-refractivity contribution in [1.82, 2.24) is 10.2 Å². The molecule has 1 aromatic carbocycles. The van der Waals surface area contributed by atoms with E-state index >= 15 is 0 Å². The molecular formula is C15H22BrFN2O. The van der Waals surface area contributed by atoms with Crippen LogP contribution in [0.3, 0.4) is 0 Å². The first kappa shape index (κ1) is 17.1. The standard InChI is InChI=1S/C15H22BrFN2O/c1-11(2)19(3)9-5-4-8-18-15(20)12-6-7-14(17)13(16)10-12/h6-7,10-11H,4-5,8-9H2,1-3H3,(H,18,20). The van der Waals surface area contributed by atoms with Crippen LogP contribution in [-0.4, -0.2) is 37.0 Å². The second kappa shape index (κ2) is 8.37. The summed E-state index contributed by atoms with van der Waals surface area (Å²) in [5.74, 6) is -0.527. The SMILES string of the molecule is CC(C)N(C)CCCCNC(=O)c1ccc(F)c(Br)c1. The van der Waals surface area contributed by atoms with E-state index in [0.29, 0.717) is 22.6 Å². The van der Waals surface area contributed by atoms with Crippen molar-refractivity contribution in [2.45, 2.75) is 32.7 Å². The molecule has 1 aromatic rings. The topological polar surface area (TPSA) is 32.3 Å². The van der Waals surface area contributed by atoms with Crippen molar-refractivity contribution >= 4 is 21.8 Å². The van der Waals surface area contributed by atoms with Gasteiger partial charge in [0.15, 0.2) is 0 Å². The van der Waals surface area contributed by atoms with Gasteiger partial charge < -0.3 is 10.2 Å². The first-order chi connectivity index (χ1) is 9.41. The summed E-state index contributed by atoms with van der Waals surface area (Å²) in [6, 6.07) is 4.82. The van der Waals surface area contributed by atoms with E-state index in [-0.39, 0.29) is 11.7 Å². The third kappa shape index (κ3) is 5.59. The van der Waals surface area contributed by atoms with Crippen molar-refractivity contribution in [3.05, 3.63) is 34.1 Å². The molecule has 0 unspecified atom stereocenters. The number of unbranched alkanes of at least 4 members (excludes halogenated alkanes) is 1. The fourth-order valence-corrected chi connectivity index (χ4v) is 2.06. The lowest BCUT2D eigenvalue weighted by Crippen LogP contribution is -2.29. The van der Waals surface area contributed by atoms with Gasteiger partial charge in [0.2, 0.25) is 0 Å². The van der Waals surface area contributed by atoms with Gasteiger partial charge in [-0.1, -0.05) is 0 Å². The average molecular weight is 345 g/mol. The molecule has 0 atom stereocenters. The van der Waals surface area contributed by atoms with Crippen LogP contribution in [-0.2, 0) is 0 Å². The van der Waals surface area contributed by atoms with Crippen LogP contribution >= 0.6 is 15.9 Å². The van der Waals surface area contributed by atoms with Gasteiger partial charge in [-0.3, -0.25) is 4.79 Å². The number of amides is 1. The summed E-state index contributed by atoms with van der Waals surface area (Å²) in [6.45, 7) is 5.98. The van der Waals surface area contributed by atoms with E-state index in [1.807, 2.05) is 0 Å². The highest BCUT2D eigenvalue weighted by Gasteiger charge is 2.08. The number of benzene rings is 1. The van der Waals surface area contributed by atoms with E-state index in [2.05, 4.69) is 47.0 Å². The number of nitrogens with one attached hydrogen (secondary N) is 1. The monoisotopic (exact) mass is 344 g/mol. The van der Waals surface area contributed by atoms with Crippen LogP contribution in [0.4, 0.5) is 4.39 Å². The van der Waals surface area contributed by atoms with Crippen LogP contribution in [0.2, 0.25) is 0 Å². The summed E-state index contributed by atoms with van der Waals surface area (Å²) in [4.78, 5) is 14.1. The van der Waals surface area contributed by atoms with Crippen molar-refractivity contribution in [2.75, 3.05) is 20.1 Å². The summed E-state index contributed by atoms with van der Waals surface area (Å²) < 4.78 is 13.4. The van der Waals surface area contributed by atoms with Gasteiger partial charge in [0.05, 0.1) is 4.47 Å². The summed E-state index contributed by atoms with van der Waals surface area (Å²) in [7, 11) is 2.10. The Balaban J connectivity index is 2.28. The Bertz CT molecular complexity index is 451. The van der Waals surface area contributed by atoms with E-state index < -0.39 is 0 Å². The molecule has 3 nitrogen and oxygen atoms in total. The van der Waals surface area contributed by atoms with Crippen LogP contribution in [0.5, 0.6) is 0 Å². The zero-order valence-electron chi connectivity index (χ0n) is 12.2.